The van der Waals surface area contributed by atoms with Crippen LogP contribution in [0.4, 0.5) is 5.69 Å². The number of nitrogens with zero attached hydrogens (tertiary/aromatic N) is 1. The van der Waals surface area contributed by atoms with E-state index in [1.54, 1.807) is 6.07 Å². The van der Waals surface area contributed by atoms with Crippen molar-refractivity contribution in [2.24, 2.45) is 0 Å². The van der Waals surface area contributed by atoms with E-state index in [0.29, 0.717) is 5.56 Å². The third-order valence-electron chi connectivity index (χ3n) is 3.03. The van der Waals surface area contributed by atoms with Crippen LogP contribution in [0.3, 0.4) is 0 Å². The highest BCUT2D eigenvalue weighted by atomic mass is 14.6. The van der Waals surface area contributed by atoms with Crippen LogP contribution < -0.4 is 5.73 Å². The second-order valence-corrected chi connectivity index (χ2v) is 4.06. The van der Waals surface area contributed by atoms with Gasteiger partial charge in [0.1, 0.15) is 0 Å². The van der Waals surface area contributed by atoms with Gasteiger partial charge in [0.05, 0.1) is 11.6 Å². The molecule has 3 rings (SSSR count). The molecule has 2 heteroatoms. The van der Waals surface area contributed by atoms with Crippen LogP contribution in [0.25, 0.3) is 21.5 Å². The van der Waals surface area contributed by atoms with Crippen LogP contribution in [0.5, 0.6) is 0 Å². The van der Waals surface area contributed by atoms with Gasteiger partial charge in [-0.1, -0.05) is 30.3 Å². The van der Waals surface area contributed by atoms with Gasteiger partial charge in [-0.15, -0.1) is 0 Å². The number of hydrogen-bond acceptors (Lipinski definition) is 2. The van der Waals surface area contributed by atoms with Gasteiger partial charge in [0.2, 0.25) is 0 Å². The number of nitriles is 1. The molecule has 0 bridgehead atoms. The molecule has 0 aromatic heterocycles. The van der Waals surface area contributed by atoms with E-state index >= 15 is 0 Å². The summed E-state index contributed by atoms with van der Waals surface area (Å²) in [6.45, 7) is 0. The van der Waals surface area contributed by atoms with Crippen molar-refractivity contribution >= 4 is 27.2 Å². The predicted octanol–water partition coefficient (Wildman–Crippen LogP) is 3.45. The molecule has 0 fully saturated rings. The lowest BCUT2D eigenvalue weighted by Gasteiger charge is -2.07. The highest BCUT2D eigenvalue weighted by Gasteiger charge is 2.04. The molecule has 0 radical (unpaired) electrons. The normalized spacial score (nSPS) is 10.5. The molecule has 0 amide bonds. The fraction of sp³-hybridized carbons (Fsp3) is 0. The fourth-order valence-corrected chi connectivity index (χ4v) is 2.18. The first kappa shape index (κ1) is 9.68. The van der Waals surface area contributed by atoms with Gasteiger partial charge in [-0.25, -0.2) is 0 Å². The molecular formula is C15H10N2. The van der Waals surface area contributed by atoms with Gasteiger partial charge in [-0.3, -0.25) is 0 Å². The van der Waals surface area contributed by atoms with Crippen molar-refractivity contribution in [3.63, 3.8) is 0 Å². The summed E-state index contributed by atoms with van der Waals surface area (Å²) in [6, 6.07) is 17.8. The van der Waals surface area contributed by atoms with E-state index in [0.717, 1.165) is 27.2 Å². The van der Waals surface area contributed by atoms with Gasteiger partial charge in [0.15, 0.2) is 0 Å². The van der Waals surface area contributed by atoms with Crippen molar-refractivity contribution in [3.8, 4) is 6.07 Å². The second-order valence-electron chi connectivity index (χ2n) is 4.06. The maximum Gasteiger partial charge on any atom is 0.0991 e. The van der Waals surface area contributed by atoms with Crippen molar-refractivity contribution < 1.29 is 0 Å². The van der Waals surface area contributed by atoms with Gasteiger partial charge in [-0.05, 0) is 29.0 Å². The lowest BCUT2D eigenvalue weighted by molar-refractivity contribution is 1.50. The SMILES string of the molecule is N#Cc1ccc2c(N)c3ccccc3cc2c1. The number of nitrogen functional groups attached to an aromatic ring is 1. The Morgan fingerprint density at radius 3 is 2.47 bits per heavy atom. The minimum absolute atomic E-state index is 0.659. The lowest BCUT2D eigenvalue weighted by atomic mass is 10.00. The van der Waals surface area contributed by atoms with Gasteiger partial charge < -0.3 is 5.73 Å². The summed E-state index contributed by atoms with van der Waals surface area (Å²) in [5.74, 6) is 0. The maximum absolute atomic E-state index is 8.90. The molecule has 2 nitrogen and oxygen atoms in total. The minimum Gasteiger partial charge on any atom is -0.398 e. The zero-order chi connectivity index (χ0) is 11.8. The smallest absolute Gasteiger partial charge is 0.0991 e. The summed E-state index contributed by atoms with van der Waals surface area (Å²) >= 11 is 0. The van der Waals surface area contributed by atoms with Gasteiger partial charge in [-0.2, -0.15) is 5.26 Å². The Balaban J connectivity index is 2.51. The Kier molecular flexibility index (Phi) is 1.99. The van der Waals surface area contributed by atoms with E-state index in [1.165, 1.54) is 0 Å². The van der Waals surface area contributed by atoms with Gasteiger partial charge in [0, 0.05) is 16.5 Å². The summed E-state index contributed by atoms with van der Waals surface area (Å²) in [7, 11) is 0. The third-order valence-corrected chi connectivity index (χ3v) is 3.03. The van der Waals surface area contributed by atoms with Gasteiger partial charge >= 0.3 is 0 Å². The fourth-order valence-electron chi connectivity index (χ4n) is 2.18. The van der Waals surface area contributed by atoms with Crippen LogP contribution in [0.2, 0.25) is 0 Å². The first-order chi connectivity index (χ1) is 8.29. The van der Waals surface area contributed by atoms with Crippen LogP contribution in [0.15, 0.2) is 48.5 Å². The Hall–Kier alpha value is -2.53. The molecule has 17 heavy (non-hydrogen) atoms. The van der Waals surface area contributed by atoms with Crippen molar-refractivity contribution in [1.29, 1.82) is 5.26 Å². The number of anilines is 1. The van der Waals surface area contributed by atoms with Crippen LogP contribution in [0.1, 0.15) is 5.56 Å². The molecule has 0 saturated heterocycles. The second kappa shape index (κ2) is 3.50. The van der Waals surface area contributed by atoms with E-state index in [9.17, 15) is 0 Å². The molecule has 2 N–H and O–H groups in total. The van der Waals surface area contributed by atoms with E-state index in [4.69, 9.17) is 11.0 Å². The van der Waals surface area contributed by atoms with E-state index < -0.39 is 0 Å². The molecule has 80 valence electrons. The molecule has 0 aliphatic carbocycles. The van der Waals surface area contributed by atoms with Crippen LogP contribution in [-0.4, -0.2) is 0 Å². The number of nitrogens with two attached hydrogens (primary N) is 1. The third kappa shape index (κ3) is 1.41. The first-order valence-electron chi connectivity index (χ1n) is 5.41. The molecule has 0 unspecified atom stereocenters. The van der Waals surface area contributed by atoms with E-state index in [2.05, 4.69) is 12.1 Å². The quantitative estimate of drug-likeness (QED) is 0.464. The van der Waals surface area contributed by atoms with Crippen molar-refractivity contribution in [2.75, 3.05) is 5.73 Å². The summed E-state index contributed by atoms with van der Waals surface area (Å²) in [6.07, 6.45) is 0. The highest BCUT2D eigenvalue weighted by molar-refractivity contribution is 6.10. The van der Waals surface area contributed by atoms with E-state index in [-0.39, 0.29) is 0 Å². The van der Waals surface area contributed by atoms with Crippen molar-refractivity contribution in [3.05, 3.63) is 54.1 Å². The van der Waals surface area contributed by atoms with Crippen molar-refractivity contribution in [2.45, 2.75) is 0 Å². The molecule has 0 spiro atoms. The maximum atomic E-state index is 8.90. The monoisotopic (exact) mass is 218 g/mol. The average molecular weight is 218 g/mol. The average Bonchev–Trinajstić information content (AvgIpc) is 2.38. The predicted molar refractivity (Wildman–Crippen MR) is 70.6 cm³/mol. The van der Waals surface area contributed by atoms with Crippen molar-refractivity contribution in [1.82, 2.24) is 0 Å². The number of benzene rings is 3. The Labute approximate surface area is 98.9 Å². The zero-order valence-electron chi connectivity index (χ0n) is 9.14. The Morgan fingerprint density at radius 1 is 0.882 bits per heavy atom. The summed E-state index contributed by atoms with van der Waals surface area (Å²) in [4.78, 5) is 0. The number of rotatable bonds is 0. The summed E-state index contributed by atoms with van der Waals surface area (Å²) in [5.41, 5.74) is 7.60. The standard InChI is InChI=1S/C15H10N2/c16-9-10-5-6-14-12(7-10)8-11-3-1-2-4-13(11)15(14)17/h1-8H,17H2. The van der Waals surface area contributed by atoms with Crippen LogP contribution >= 0.6 is 0 Å². The van der Waals surface area contributed by atoms with Crippen LogP contribution in [-0.2, 0) is 0 Å². The highest BCUT2D eigenvalue weighted by Crippen LogP contribution is 2.30. The molecule has 0 aliphatic rings. The van der Waals surface area contributed by atoms with E-state index in [1.807, 2.05) is 36.4 Å². The zero-order valence-corrected chi connectivity index (χ0v) is 9.14. The molecule has 0 saturated carbocycles. The Bertz CT molecular complexity index is 767. The molecule has 3 aromatic rings. The largest absolute Gasteiger partial charge is 0.398 e. The summed E-state index contributed by atoms with van der Waals surface area (Å²) in [5, 5.41) is 13.1. The molecule has 0 heterocycles. The molecular weight excluding hydrogens is 208 g/mol. The summed E-state index contributed by atoms with van der Waals surface area (Å²) < 4.78 is 0. The van der Waals surface area contributed by atoms with Gasteiger partial charge in [0.25, 0.3) is 0 Å². The topological polar surface area (TPSA) is 49.8 Å². The molecule has 0 aliphatic heterocycles. The van der Waals surface area contributed by atoms with Crippen LogP contribution in [0, 0.1) is 11.3 Å². The lowest BCUT2D eigenvalue weighted by Crippen LogP contribution is -1.90. The minimum atomic E-state index is 0.659. The molecule has 3 aromatic carbocycles. The molecule has 0 atom stereocenters. The number of fused-ring (bicyclic) bond motifs is 2. The Morgan fingerprint density at radius 2 is 1.65 bits per heavy atom. The number of hydrogen-bond donors (Lipinski definition) is 1. The first-order valence-corrected chi connectivity index (χ1v) is 5.41.